The maximum atomic E-state index is 10.4. The Balaban J connectivity index is 3.14. The van der Waals surface area contributed by atoms with Crippen LogP contribution >= 0.6 is 0 Å². The fourth-order valence-electron chi connectivity index (χ4n) is 0.414. The third-order valence-electron chi connectivity index (χ3n) is 0.844. The Hall–Kier alpha value is -1.25. The second-order valence-electron chi connectivity index (χ2n) is 1.71. The van der Waals surface area contributed by atoms with E-state index in [0.717, 1.165) is 6.08 Å². The van der Waals surface area contributed by atoms with Crippen LogP contribution in [0.25, 0.3) is 0 Å². The van der Waals surface area contributed by atoms with Crippen molar-refractivity contribution in [3.63, 3.8) is 0 Å². The monoisotopic (exact) mass is 156 g/mol. The lowest BCUT2D eigenvalue weighted by atomic mass is 10.6. The van der Waals surface area contributed by atoms with Crippen molar-refractivity contribution in [2.45, 2.75) is 6.92 Å². The van der Waals surface area contributed by atoms with Gasteiger partial charge in [-0.3, -0.25) is 0 Å². The van der Waals surface area contributed by atoms with Crippen LogP contribution in [0.1, 0.15) is 6.92 Å². The Kier molecular flexibility index (Phi) is 6.08. The van der Waals surface area contributed by atoms with Gasteiger partial charge in [-0.2, -0.15) is 0 Å². The third kappa shape index (κ3) is 6.64. The molecule has 0 saturated carbocycles. The molecule has 11 heavy (non-hydrogen) atoms. The van der Waals surface area contributed by atoms with Gasteiger partial charge >= 0.3 is 5.97 Å². The highest BCUT2D eigenvalue weighted by atomic mass is 16.6. The van der Waals surface area contributed by atoms with Crippen molar-refractivity contribution in [2.75, 3.05) is 13.2 Å². The zero-order valence-corrected chi connectivity index (χ0v) is 6.58. The summed E-state index contributed by atoms with van der Waals surface area (Å²) in [7, 11) is 0. The van der Waals surface area contributed by atoms with Gasteiger partial charge in [0, 0.05) is 6.08 Å². The molecule has 0 heterocycles. The second-order valence-corrected chi connectivity index (χ2v) is 1.71. The number of esters is 1. The van der Waals surface area contributed by atoms with Crippen LogP contribution in [0, 0.1) is 0 Å². The van der Waals surface area contributed by atoms with E-state index in [-0.39, 0.29) is 6.61 Å². The number of rotatable bonds is 5. The van der Waals surface area contributed by atoms with E-state index < -0.39 is 5.97 Å². The zero-order valence-electron chi connectivity index (χ0n) is 6.58. The minimum absolute atomic E-state index is 0.259. The molecule has 3 nitrogen and oxygen atoms in total. The first kappa shape index (κ1) is 9.75. The molecule has 0 rings (SSSR count). The minimum Gasteiger partial charge on any atom is -0.498 e. The molecule has 0 unspecified atom stereocenters. The summed E-state index contributed by atoms with van der Waals surface area (Å²) < 4.78 is 9.51. The van der Waals surface area contributed by atoms with E-state index in [2.05, 4.69) is 11.3 Å². The summed E-state index contributed by atoms with van der Waals surface area (Å²) in [4.78, 5) is 10.4. The summed E-state index contributed by atoms with van der Waals surface area (Å²) >= 11 is 0. The third-order valence-corrected chi connectivity index (χ3v) is 0.844. The molecule has 0 fully saturated rings. The highest BCUT2D eigenvalue weighted by Gasteiger charge is 1.92. The van der Waals surface area contributed by atoms with Crippen molar-refractivity contribution in [3.8, 4) is 0 Å². The molecule has 0 radical (unpaired) electrons. The molecule has 0 spiro atoms. The van der Waals surface area contributed by atoms with Gasteiger partial charge < -0.3 is 9.47 Å². The number of hydrogen-bond acceptors (Lipinski definition) is 3. The van der Waals surface area contributed by atoms with Crippen molar-refractivity contribution in [1.29, 1.82) is 0 Å². The van der Waals surface area contributed by atoms with Crippen molar-refractivity contribution >= 4 is 5.97 Å². The topological polar surface area (TPSA) is 35.5 Å². The molecule has 0 saturated heterocycles. The van der Waals surface area contributed by atoms with Crippen LogP contribution in [0.15, 0.2) is 25.0 Å². The van der Waals surface area contributed by atoms with Gasteiger partial charge in [-0.1, -0.05) is 12.7 Å². The highest BCUT2D eigenvalue weighted by molar-refractivity contribution is 5.81. The summed E-state index contributed by atoms with van der Waals surface area (Å²) in [5, 5.41) is 0. The first-order valence-corrected chi connectivity index (χ1v) is 3.33. The fraction of sp³-hybridized carbons (Fsp3) is 0.375. The number of carbonyl (C=O) groups excluding carboxylic acids is 1. The second kappa shape index (κ2) is 6.86. The van der Waals surface area contributed by atoms with E-state index in [1.165, 1.54) is 0 Å². The summed E-state index contributed by atoms with van der Waals surface area (Å²) in [5.74, 6) is -0.422. The quantitative estimate of drug-likeness (QED) is 0.260. The first-order valence-electron chi connectivity index (χ1n) is 3.33. The number of hydrogen-bond donors (Lipinski definition) is 0. The average molecular weight is 156 g/mol. The largest absolute Gasteiger partial charge is 0.498 e. The molecule has 0 amide bonds. The van der Waals surface area contributed by atoms with Crippen molar-refractivity contribution in [2.24, 2.45) is 0 Å². The van der Waals surface area contributed by atoms with E-state index in [4.69, 9.17) is 4.74 Å². The summed E-state index contributed by atoms with van der Waals surface area (Å²) in [6, 6.07) is 0. The molecule has 0 aromatic carbocycles. The van der Waals surface area contributed by atoms with Gasteiger partial charge in [-0.15, -0.1) is 0 Å². The molecular weight excluding hydrogens is 144 g/mol. The van der Waals surface area contributed by atoms with Gasteiger partial charge in [0.25, 0.3) is 0 Å². The Labute approximate surface area is 66.3 Å². The van der Waals surface area contributed by atoms with Crippen LogP contribution < -0.4 is 0 Å². The predicted octanol–water partition coefficient (Wildman–Crippen LogP) is 1.27. The van der Waals surface area contributed by atoms with Gasteiger partial charge in [0.2, 0.25) is 0 Å². The van der Waals surface area contributed by atoms with Crippen molar-refractivity contribution in [3.05, 3.63) is 25.0 Å². The number of allylic oxidation sites excluding steroid dienone is 1. The molecular formula is C8H12O3. The average Bonchev–Trinajstić information content (AvgIpc) is 2.04. The fourth-order valence-corrected chi connectivity index (χ4v) is 0.414. The van der Waals surface area contributed by atoms with E-state index >= 15 is 0 Å². The van der Waals surface area contributed by atoms with Gasteiger partial charge in [-0.25, -0.2) is 4.79 Å². The van der Waals surface area contributed by atoms with Gasteiger partial charge in [0.15, 0.2) is 0 Å². The Morgan fingerprint density at radius 3 is 2.82 bits per heavy atom. The van der Waals surface area contributed by atoms with Crippen molar-refractivity contribution in [1.82, 2.24) is 0 Å². The van der Waals surface area contributed by atoms with E-state index in [1.807, 2.05) is 6.92 Å². The predicted molar refractivity (Wildman–Crippen MR) is 41.9 cm³/mol. The molecule has 0 N–H and O–H groups in total. The molecule has 3 heteroatoms. The summed E-state index contributed by atoms with van der Waals surface area (Å²) in [6.45, 7) is 5.73. The summed E-state index contributed by atoms with van der Waals surface area (Å²) in [6.07, 6.45) is 4.42. The van der Waals surface area contributed by atoms with E-state index in [9.17, 15) is 4.79 Å². The van der Waals surface area contributed by atoms with Crippen LogP contribution in [-0.4, -0.2) is 19.2 Å². The van der Waals surface area contributed by atoms with Crippen LogP contribution in [0.4, 0.5) is 0 Å². The number of carbonyl (C=O) groups is 1. The van der Waals surface area contributed by atoms with Crippen LogP contribution in [0.2, 0.25) is 0 Å². The highest BCUT2D eigenvalue weighted by Crippen LogP contribution is 1.81. The lowest BCUT2D eigenvalue weighted by Crippen LogP contribution is -2.06. The molecule has 0 aliphatic rings. The first-order chi connectivity index (χ1) is 5.31. The normalized spacial score (nSPS) is 9.55. The summed E-state index contributed by atoms with van der Waals surface area (Å²) in [5.41, 5.74) is 0. The van der Waals surface area contributed by atoms with Crippen LogP contribution in [0.5, 0.6) is 0 Å². The minimum atomic E-state index is -0.422. The molecule has 0 aliphatic carbocycles. The van der Waals surface area contributed by atoms with Crippen LogP contribution in [0.3, 0.4) is 0 Å². The SMILES string of the molecule is C=CC(=O)OCCO/C=C/C. The Morgan fingerprint density at radius 1 is 1.55 bits per heavy atom. The molecule has 0 atom stereocenters. The molecule has 0 aliphatic heterocycles. The van der Waals surface area contributed by atoms with E-state index in [1.54, 1.807) is 12.3 Å². The molecule has 0 aromatic heterocycles. The van der Waals surface area contributed by atoms with Crippen molar-refractivity contribution < 1.29 is 14.3 Å². The van der Waals surface area contributed by atoms with E-state index in [0.29, 0.717) is 6.61 Å². The smallest absolute Gasteiger partial charge is 0.330 e. The zero-order chi connectivity index (χ0) is 8.53. The van der Waals surface area contributed by atoms with Gasteiger partial charge in [0.05, 0.1) is 6.26 Å². The lowest BCUT2D eigenvalue weighted by molar-refractivity contribution is -0.138. The van der Waals surface area contributed by atoms with Crippen LogP contribution in [-0.2, 0) is 14.3 Å². The molecule has 0 aromatic rings. The van der Waals surface area contributed by atoms with Gasteiger partial charge in [0.1, 0.15) is 13.2 Å². The standard InChI is InChI=1S/C8H12O3/c1-3-5-10-6-7-11-8(9)4-2/h3-5H,2,6-7H2,1H3/b5-3+. The Morgan fingerprint density at radius 2 is 2.27 bits per heavy atom. The van der Waals surface area contributed by atoms with Gasteiger partial charge in [-0.05, 0) is 6.92 Å². The Bertz CT molecular complexity index is 149. The maximum absolute atomic E-state index is 10.4. The number of ether oxygens (including phenoxy) is 2. The lowest BCUT2D eigenvalue weighted by Gasteiger charge is -2.00. The molecule has 0 bridgehead atoms. The molecule has 62 valence electrons. The maximum Gasteiger partial charge on any atom is 0.330 e.